The minimum atomic E-state index is 0.0226. The average Bonchev–Trinajstić information content (AvgIpc) is 2.86. The number of aromatic nitrogens is 1. The van der Waals surface area contributed by atoms with E-state index in [4.69, 9.17) is 9.84 Å². The molecule has 0 saturated heterocycles. The number of hydrogen-bond donors (Lipinski definition) is 1. The van der Waals surface area contributed by atoms with Gasteiger partial charge in [-0.3, -0.25) is 0 Å². The summed E-state index contributed by atoms with van der Waals surface area (Å²) in [5.41, 5.74) is 3.34. The van der Waals surface area contributed by atoms with Gasteiger partial charge >= 0.3 is 0 Å². The first-order valence-corrected chi connectivity index (χ1v) is 6.21. The molecule has 1 aromatic carbocycles. The zero-order chi connectivity index (χ0) is 12.4. The van der Waals surface area contributed by atoms with Crippen LogP contribution in [0.1, 0.15) is 23.2 Å². The number of aliphatic hydroxyl groups is 1. The fourth-order valence-electron chi connectivity index (χ4n) is 2.29. The fraction of sp³-hybridized carbons (Fsp3) is 0.267. The Morgan fingerprint density at radius 1 is 1.17 bits per heavy atom. The zero-order valence-corrected chi connectivity index (χ0v) is 10.1. The molecule has 3 heteroatoms. The van der Waals surface area contributed by atoms with E-state index in [2.05, 4.69) is 11.1 Å². The lowest BCUT2D eigenvalue weighted by Gasteiger charge is -2.07. The summed E-state index contributed by atoms with van der Waals surface area (Å²) in [6.07, 6.45) is 3.36. The van der Waals surface area contributed by atoms with Crippen LogP contribution in [0.3, 0.4) is 0 Å². The topological polar surface area (TPSA) is 42.4 Å². The maximum atomic E-state index is 9.08. The molecule has 0 amide bonds. The van der Waals surface area contributed by atoms with Crippen molar-refractivity contribution in [2.45, 2.75) is 25.9 Å². The van der Waals surface area contributed by atoms with E-state index in [-0.39, 0.29) is 6.61 Å². The van der Waals surface area contributed by atoms with Gasteiger partial charge in [-0.15, -0.1) is 0 Å². The smallest absolute Gasteiger partial charge is 0.219 e. The first kappa shape index (κ1) is 11.2. The van der Waals surface area contributed by atoms with Crippen molar-refractivity contribution in [3.63, 3.8) is 0 Å². The molecule has 0 aliphatic heterocycles. The van der Waals surface area contributed by atoms with E-state index in [1.165, 1.54) is 12.0 Å². The summed E-state index contributed by atoms with van der Waals surface area (Å²) in [5.74, 6) is 1.35. The molecule has 1 heterocycles. The van der Waals surface area contributed by atoms with Crippen molar-refractivity contribution in [2.75, 3.05) is 0 Å². The van der Waals surface area contributed by atoms with Gasteiger partial charge in [0.25, 0.3) is 0 Å². The van der Waals surface area contributed by atoms with E-state index in [0.29, 0.717) is 11.6 Å². The van der Waals surface area contributed by atoms with E-state index in [1.54, 1.807) is 0 Å². The van der Waals surface area contributed by atoms with Gasteiger partial charge in [0, 0.05) is 11.8 Å². The summed E-state index contributed by atoms with van der Waals surface area (Å²) in [6.45, 7) is 0.0226. The molecule has 3 nitrogen and oxygen atoms in total. The Morgan fingerprint density at radius 3 is 3.00 bits per heavy atom. The van der Waals surface area contributed by atoms with Crippen LogP contribution in [0.15, 0.2) is 36.4 Å². The lowest BCUT2D eigenvalue weighted by molar-refractivity contribution is 0.281. The van der Waals surface area contributed by atoms with Crippen molar-refractivity contribution in [2.24, 2.45) is 0 Å². The largest absolute Gasteiger partial charge is 0.439 e. The summed E-state index contributed by atoms with van der Waals surface area (Å²) in [5, 5.41) is 9.08. The third kappa shape index (κ3) is 2.22. The average molecular weight is 241 g/mol. The van der Waals surface area contributed by atoms with Crippen molar-refractivity contribution in [1.29, 1.82) is 0 Å². The van der Waals surface area contributed by atoms with Crippen molar-refractivity contribution in [3.8, 4) is 11.6 Å². The number of rotatable bonds is 3. The molecule has 0 spiro atoms. The number of ether oxygens (including phenoxy) is 1. The van der Waals surface area contributed by atoms with Gasteiger partial charge < -0.3 is 9.84 Å². The molecule has 2 aromatic rings. The Balaban J connectivity index is 1.83. The van der Waals surface area contributed by atoms with Gasteiger partial charge in [0.1, 0.15) is 5.75 Å². The van der Waals surface area contributed by atoms with Crippen LogP contribution in [0.5, 0.6) is 11.6 Å². The number of aryl methyl sites for hydroxylation is 2. The zero-order valence-electron chi connectivity index (χ0n) is 10.1. The lowest BCUT2D eigenvalue weighted by atomic mass is 10.2. The number of aliphatic hydroxyl groups excluding tert-OH is 1. The van der Waals surface area contributed by atoms with Crippen LogP contribution in [-0.2, 0) is 19.4 Å². The summed E-state index contributed by atoms with van der Waals surface area (Å²) >= 11 is 0. The van der Waals surface area contributed by atoms with Crippen molar-refractivity contribution < 1.29 is 9.84 Å². The van der Waals surface area contributed by atoms with Crippen LogP contribution < -0.4 is 4.74 Å². The minimum Gasteiger partial charge on any atom is -0.439 e. The monoisotopic (exact) mass is 241 g/mol. The van der Waals surface area contributed by atoms with E-state index in [9.17, 15) is 0 Å². The fourth-order valence-corrected chi connectivity index (χ4v) is 2.29. The maximum absolute atomic E-state index is 9.08. The number of pyridine rings is 1. The summed E-state index contributed by atoms with van der Waals surface area (Å²) in [7, 11) is 0. The van der Waals surface area contributed by atoms with Crippen LogP contribution >= 0.6 is 0 Å². The highest BCUT2D eigenvalue weighted by atomic mass is 16.5. The third-order valence-electron chi connectivity index (χ3n) is 3.21. The van der Waals surface area contributed by atoms with E-state index in [1.807, 2.05) is 30.3 Å². The molecule has 0 unspecified atom stereocenters. The Hall–Kier alpha value is -1.87. The van der Waals surface area contributed by atoms with E-state index in [0.717, 1.165) is 24.1 Å². The van der Waals surface area contributed by atoms with Gasteiger partial charge in [0.15, 0.2) is 0 Å². The molecule has 0 bridgehead atoms. The Labute approximate surface area is 106 Å². The van der Waals surface area contributed by atoms with Crippen molar-refractivity contribution in [1.82, 2.24) is 4.98 Å². The second kappa shape index (κ2) is 4.78. The molecule has 0 fully saturated rings. The van der Waals surface area contributed by atoms with Crippen molar-refractivity contribution >= 4 is 0 Å². The predicted molar refractivity (Wildman–Crippen MR) is 68.7 cm³/mol. The van der Waals surface area contributed by atoms with E-state index >= 15 is 0 Å². The molecule has 18 heavy (non-hydrogen) atoms. The van der Waals surface area contributed by atoms with Gasteiger partial charge in [0.2, 0.25) is 5.88 Å². The van der Waals surface area contributed by atoms with Gasteiger partial charge in [-0.1, -0.05) is 18.2 Å². The third-order valence-corrected chi connectivity index (χ3v) is 3.21. The molecule has 1 aromatic heterocycles. The molecule has 1 aliphatic rings. The van der Waals surface area contributed by atoms with Crippen LogP contribution in [0.25, 0.3) is 0 Å². The quantitative estimate of drug-likeness (QED) is 0.898. The second-order valence-corrected chi connectivity index (χ2v) is 4.52. The van der Waals surface area contributed by atoms with Crippen LogP contribution in [0.2, 0.25) is 0 Å². The molecule has 0 radical (unpaired) electrons. The molecule has 1 aliphatic carbocycles. The molecular weight excluding hydrogens is 226 g/mol. The number of benzene rings is 1. The SMILES string of the molecule is OCc1cccc(Oc2ccc3c(n2)CCC3)c1. The first-order chi connectivity index (χ1) is 8.85. The Kier molecular flexibility index (Phi) is 2.99. The number of nitrogens with zero attached hydrogens (tertiary/aromatic N) is 1. The first-order valence-electron chi connectivity index (χ1n) is 6.21. The predicted octanol–water partition coefficient (Wildman–Crippen LogP) is 2.85. The molecule has 1 N–H and O–H groups in total. The van der Waals surface area contributed by atoms with Gasteiger partial charge in [-0.05, 0) is 42.5 Å². The second-order valence-electron chi connectivity index (χ2n) is 4.52. The highest BCUT2D eigenvalue weighted by molar-refractivity contribution is 5.34. The minimum absolute atomic E-state index is 0.0226. The molecule has 0 atom stereocenters. The normalized spacial score (nSPS) is 13.4. The summed E-state index contributed by atoms with van der Waals surface area (Å²) in [4.78, 5) is 4.52. The molecular formula is C15H15NO2. The summed E-state index contributed by atoms with van der Waals surface area (Å²) < 4.78 is 5.72. The van der Waals surface area contributed by atoms with Gasteiger partial charge in [-0.2, -0.15) is 0 Å². The number of hydrogen-bond acceptors (Lipinski definition) is 3. The lowest BCUT2D eigenvalue weighted by Crippen LogP contribution is -1.93. The van der Waals surface area contributed by atoms with Gasteiger partial charge in [-0.25, -0.2) is 4.98 Å². The summed E-state index contributed by atoms with van der Waals surface area (Å²) in [6, 6.07) is 11.4. The molecule has 0 saturated carbocycles. The van der Waals surface area contributed by atoms with Crippen LogP contribution in [0, 0.1) is 0 Å². The van der Waals surface area contributed by atoms with Crippen LogP contribution in [0.4, 0.5) is 0 Å². The standard InChI is InChI=1S/C15H15NO2/c17-10-11-3-1-5-13(9-11)18-15-8-7-12-4-2-6-14(12)16-15/h1,3,5,7-9,17H,2,4,6,10H2. The Bertz CT molecular complexity index is 566. The molecule has 92 valence electrons. The van der Waals surface area contributed by atoms with Crippen LogP contribution in [-0.4, -0.2) is 10.1 Å². The van der Waals surface area contributed by atoms with Crippen molar-refractivity contribution in [3.05, 3.63) is 53.2 Å². The number of fused-ring (bicyclic) bond motifs is 1. The Morgan fingerprint density at radius 2 is 2.11 bits per heavy atom. The maximum Gasteiger partial charge on any atom is 0.219 e. The van der Waals surface area contributed by atoms with Gasteiger partial charge in [0.05, 0.1) is 6.61 Å². The molecule has 3 rings (SSSR count). The highest BCUT2D eigenvalue weighted by Crippen LogP contribution is 2.26. The highest BCUT2D eigenvalue weighted by Gasteiger charge is 2.13. The van der Waals surface area contributed by atoms with E-state index < -0.39 is 0 Å².